The lowest BCUT2D eigenvalue weighted by Gasteiger charge is -2.46. The van der Waals surface area contributed by atoms with Crippen molar-refractivity contribution in [2.45, 2.75) is 11.2 Å². The number of rotatable bonds is 4. The fraction of sp³-hybridized carbons (Fsp3) is 0.143. The quantitative estimate of drug-likeness (QED) is 0.372. The van der Waals surface area contributed by atoms with Crippen LogP contribution in [0.4, 0.5) is 0 Å². The molecule has 1 aliphatic rings. The summed E-state index contributed by atoms with van der Waals surface area (Å²) in [5, 5.41) is 25.6. The molecule has 1 unspecified atom stereocenters. The highest BCUT2D eigenvalue weighted by atomic mass is 35.5. The summed E-state index contributed by atoms with van der Waals surface area (Å²) < 4.78 is 10.6. The maximum atomic E-state index is 12.5. The maximum Gasteiger partial charge on any atom is 0.142 e. The molecule has 0 saturated heterocycles. The van der Waals surface area contributed by atoms with Gasteiger partial charge in [-0.1, -0.05) is 71.7 Å². The third-order valence-corrected chi connectivity index (χ3v) is 7.18. The molecule has 4 aromatic rings. The minimum atomic E-state index is -1.67. The highest BCUT2D eigenvalue weighted by Gasteiger charge is 2.53. The van der Waals surface area contributed by atoms with Gasteiger partial charge in [-0.3, -0.25) is 0 Å². The first-order valence-corrected chi connectivity index (χ1v) is 11.4. The summed E-state index contributed by atoms with van der Waals surface area (Å²) in [5.74, 6) is 1.31. The summed E-state index contributed by atoms with van der Waals surface area (Å²) in [5.41, 5.74) is -0.499. The normalized spacial score (nSPS) is 20.9. The van der Waals surface area contributed by atoms with E-state index in [4.69, 9.17) is 32.7 Å². The standard InChI is InChI=1S/C28H22Cl2O4/c1-33-19-13-9-17(10-14-19)27(31)21-5-3-8-24(30)26(21)28(32,18-11-15-20(34-2)16-12-18)22-6-4-7-23(29)25(22)27/h3-16,31-32H,1-2H3/t27-,28?/m1/s1. The van der Waals surface area contributed by atoms with Crippen molar-refractivity contribution in [3.05, 3.63) is 128 Å². The van der Waals surface area contributed by atoms with Crippen molar-refractivity contribution in [2.24, 2.45) is 0 Å². The van der Waals surface area contributed by atoms with E-state index in [0.717, 1.165) is 0 Å². The van der Waals surface area contributed by atoms with Gasteiger partial charge < -0.3 is 19.7 Å². The number of fused-ring (bicyclic) bond motifs is 2. The maximum absolute atomic E-state index is 12.5. The van der Waals surface area contributed by atoms with Gasteiger partial charge in [0, 0.05) is 32.3 Å². The van der Waals surface area contributed by atoms with Gasteiger partial charge in [-0.05, 0) is 47.5 Å². The second-order valence-electron chi connectivity index (χ2n) is 8.20. The van der Waals surface area contributed by atoms with Gasteiger partial charge in [0.1, 0.15) is 22.7 Å². The van der Waals surface area contributed by atoms with E-state index in [1.54, 1.807) is 99.1 Å². The fourth-order valence-corrected chi connectivity index (χ4v) is 5.54. The van der Waals surface area contributed by atoms with E-state index < -0.39 is 11.2 Å². The lowest BCUT2D eigenvalue weighted by Crippen LogP contribution is -2.44. The Kier molecular flexibility index (Phi) is 5.58. The average Bonchev–Trinajstić information content (AvgIpc) is 2.87. The lowest BCUT2D eigenvalue weighted by molar-refractivity contribution is 0.0749. The molecule has 0 amide bonds. The van der Waals surface area contributed by atoms with E-state index >= 15 is 0 Å². The molecule has 6 heteroatoms. The molecule has 0 spiro atoms. The van der Waals surface area contributed by atoms with Gasteiger partial charge in [0.05, 0.1) is 14.2 Å². The van der Waals surface area contributed by atoms with Crippen molar-refractivity contribution in [2.75, 3.05) is 14.2 Å². The van der Waals surface area contributed by atoms with Gasteiger partial charge in [-0.15, -0.1) is 0 Å². The van der Waals surface area contributed by atoms with Gasteiger partial charge in [0.25, 0.3) is 0 Å². The topological polar surface area (TPSA) is 58.9 Å². The molecule has 1 aliphatic carbocycles. The summed E-state index contributed by atoms with van der Waals surface area (Å²) in [6.07, 6.45) is 0. The molecular weight excluding hydrogens is 471 g/mol. The molecule has 0 fully saturated rings. The molecule has 0 saturated carbocycles. The Bertz CT molecular complexity index is 1260. The molecule has 4 aromatic carbocycles. The Morgan fingerprint density at radius 1 is 0.559 bits per heavy atom. The van der Waals surface area contributed by atoms with Crippen LogP contribution in [0.15, 0.2) is 84.9 Å². The van der Waals surface area contributed by atoms with Gasteiger partial charge >= 0.3 is 0 Å². The van der Waals surface area contributed by atoms with Crippen LogP contribution in [0.25, 0.3) is 0 Å². The van der Waals surface area contributed by atoms with Crippen LogP contribution in [0.1, 0.15) is 33.4 Å². The number of halogens is 2. The van der Waals surface area contributed by atoms with Gasteiger partial charge in [0.15, 0.2) is 0 Å². The first-order chi connectivity index (χ1) is 16.3. The summed E-state index contributed by atoms with van der Waals surface area (Å²) >= 11 is 13.5. The molecule has 172 valence electrons. The molecule has 2 atom stereocenters. The smallest absolute Gasteiger partial charge is 0.142 e. The number of hydrogen-bond acceptors (Lipinski definition) is 4. The number of methoxy groups -OCH3 is 2. The fourth-order valence-electron chi connectivity index (χ4n) is 4.92. The van der Waals surface area contributed by atoms with E-state index in [-0.39, 0.29) is 0 Å². The molecule has 0 aromatic heterocycles. The van der Waals surface area contributed by atoms with Crippen LogP contribution in [0.5, 0.6) is 11.5 Å². The molecule has 34 heavy (non-hydrogen) atoms. The molecular formula is C28H22Cl2O4. The lowest BCUT2D eigenvalue weighted by atomic mass is 9.63. The summed E-state index contributed by atoms with van der Waals surface area (Å²) in [7, 11) is 3.17. The van der Waals surface area contributed by atoms with E-state index in [2.05, 4.69) is 0 Å². The molecule has 2 N–H and O–H groups in total. The van der Waals surface area contributed by atoms with Crippen molar-refractivity contribution < 1.29 is 19.7 Å². The van der Waals surface area contributed by atoms with Crippen LogP contribution >= 0.6 is 23.2 Å². The van der Waals surface area contributed by atoms with E-state index in [9.17, 15) is 10.2 Å². The Labute approximate surface area is 207 Å². The Morgan fingerprint density at radius 3 is 1.24 bits per heavy atom. The van der Waals surface area contributed by atoms with Crippen molar-refractivity contribution in [1.82, 2.24) is 0 Å². The molecule has 0 bridgehead atoms. The van der Waals surface area contributed by atoms with Gasteiger partial charge in [-0.2, -0.15) is 0 Å². The summed E-state index contributed by atoms with van der Waals surface area (Å²) in [4.78, 5) is 0. The Hall–Kier alpha value is -3.02. The third kappa shape index (κ3) is 3.14. The zero-order valence-electron chi connectivity index (χ0n) is 18.5. The van der Waals surface area contributed by atoms with Crippen molar-refractivity contribution in [3.63, 3.8) is 0 Å². The van der Waals surface area contributed by atoms with Crippen LogP contribution in [-0.2, 0) is 11.2 Å². The number of benzene rings is 4. The molecule has 0 heterocycles. The van der Waals surface area contributed by atoms with E-state index in [1.807, 2.05) is 0 Å². The van der Waals surface area contributed by atoms with E-state index in [1.165, 1.54) is 0 Å². The van der Waals surface area contributed by atoms with Crippen molar-refractivity contribution >= 4 is 23.2 Å². The average molecular weight is 493 g/mol. The number of ether oxygens (including phenoxy) is 2. The molecule has 0 aliphatic heterocycles. The highest BCUT2D eigenvalue weighted by Crippen LogP contribution is 2.56. The van der Waals surface area contributed by atoms with Crippen molar-refractivity contribution in [3.8, 4) is 11.5 Å². The van der Waals surface area contributed by atoms with Crippen LogP contribution in [0.2, 0.25) is 10.0 Å². The van der Waals surface area contributed by atoms with Crippen LogP contribution < -0.4 is 9.47 Å². The monoisotopic (exact) mass is 492 g/mol. The summed E-state index contributed by atoms with van der Waals surface area (Å²) in [6.45, 7) is 0. The van der Waals surface area contributed by atoms with Crippen molar-refractivity contribution in [1.29, 1.82) is 0 Å². The van der Waals surface area contributed by atoms with E-state index in [0.29, 0.717) is 54.9 Å². The Morgan fingerprint density at radius 2 is 0.912 bits per heavy atom. The minimum Gasteiger partial charge on any atom is -0.497 e. The van der Waals surface area contributed by atoms with Gasteiger partial charge in [-0.25, -0.2) is 0 Å². The van der Waals surface area contributed by atoms with Crippen LogP contribution in [-0.4, -0.2) is 24.4 Å². The molecule has 5 rings (SSSR count). The molecule has 4 nitrogen and oxygen atoms in total. The second kappa shape index (κ2) is 8.33. The highest BCUT2D eigenvalue weighted by molar-refractivity contribution is 6.32. The summed E-state index contributed by atoms with van der Waals surface area (Å²) in [6, 6.07) is 24.7. The van der Waals surface area contributed by atoms with Crippen LogP contribution in [0, 0.1) is 0 Å². The van der Waals surface area contributed by atoms with Crippen LogP contribution in [0.3, 0.4) is 0 Å². The number of hydrogen-bond donors (Lipinski definition) is 2. The Balaban J connectivity index is 1.89. The largest absolute Gasteiger partial charge is 0.497 e. The predicted molar refractivity (Wildman–Crippen MR) is 133 cm³/mol. The predicted octanol–water partition coefficient (Wildman–Crippen LogP) is 5.89. The van der Waals surface area contributed by atoms with Gasteiger partial charge in [0.2, 0.25) is 0 Å². The second-order valence-corrected chi connectivity index (χ2v) is 9.02. The first-order valence-electron chi connectivity index (χ1n) is 10.7. The zero-order valence-corrected chi connectivity index (χ0v) is 20.1. The third-order valence-electron chi connectivity index (χ3n) is 6.55. The first kappa shape index (κ1) is 22.8. The minimum absolute atomic E-state index is 0.327. The zero-order chi connectivity index (χ0) is 24.1. The number of aliphatic hydroxyl groups is 2. The SMILES string of the molecule is COc1ccc(C2(O)c3cccc(Cl)c3[C@@](O)(c3ccc(OC)cc3)c3cccc(Cl)c32)cc1. The molecule has 0 radical (unpaired) electrons.